The number of carbonyl (C=O) groups excluding carboxylic acids is 2. The zero-order valence-electron chi connectivity index (χ0n) is 13.3. The average molecular weight is 349 g/mol. The Hall–Kier alpha value is -2.55. The molecule has 0 radical (unpaired) electrons. The van der Waals surface area contributed by atoms with Crippen molar-refractivity contribution in [2.24, 2.45) is 0 Å². The van der Waals surface area contributed by atoms with Crippen LogP contribution in [0.25, 0.3) is 10.7 Å². The fraction of sp³-hybridized carbons (Fsp3) is 0.400. The van der Waals surface area contributed by atoms with E-state index in [1.807, 2.05) is 12.3 Å². The van der Waals surface area contributed by atoms with E-state index in [2.05, 4.69) is 25.6 Å². The van der Waals surface area contributed by atoms with Gasteiger partial charge in [-0.25, -0.2) is 9.78 Å². The van der Waals surface area contributed by atoms with Crippen molar-refractivity contribution in [3.8, 4) is 10.7 Å². The molecule has 0 aliphatic carbocycles. The molecule has 8 nitrogen and oxygen atoms in total. The second kappa shape index (κ2) is 9.56. The van der Waals surface area contributed by atoms with Gasteiger partial charge in [-0.2, -0.15) is 0 Å². The lowest BCUT2D eigenvalue weighted by atomic mass is 10.3. The summed E-state index contributed by atoms with van der Waals surface area (Å²) in [5.41, 5.74) is 1.32. The first-order valence-corrected chi connectivity index (χ1v) is 8.45. The Bertz CT molecular complexity index is 662. The number of urea groups is 1. The van der Waals surface area contributed by atoms with Gasteiger partial charge in [-0.1, -0.05) is 0 Å². The Morgan fingerprint density at radius 2 is 2.17 bits per heavy atom. The van der Waals surface area contributed by atoms with E-state index in [1.54, 1.807) is 18.6 Å². The van der Waals surface area contributed by atoms with E-state index in [-0.39, 0.29) is 25.0 Å². The van der Waals surface area contributed by atoms with Gasteiger partial charge >= 0.3 is 12.0 Å². The Kier molecular flexibility index (Phi) is 7.09. The molecule has 0 spiro atoms. The molecule has 128 valence electrons. The van der Waals surface area contributed by atoms with Crippen LogP contribution in [-0.2, 0) is 16.0 Å². The number of carbonyl (C=O) groups is 2. The van der Waals surface area contributed by atoms with E-state index in [1.165, 1.54) is 11.3 Å². The molecule has 0 atom stereocenters. The van der Waals surface area contributed by atoms with E-state index in [0.29, 0.717) is 30.9 Å². The van der Waals surface area contributed by atoms with Gasteiger partial charge in [-0.05, 0) is 13.3 Å². The van der Waals surface area contributed by atoms with Crippen molar-refractivity contribution in [1.29, 1.82) is 0 Å². The van der Waals surface area contributed by atoms with Crippen LogP contribution >= 0.6 is 11.3 Å². The topological polar surface area (TPSA) is 106 Å². The molecule has 9 heteroatoms. The Morgan fingerprint density at radius 3 is 2.92 bits per heavy atom. The molecule has 2 N–H and O–H groups in total. The maximum atomic E-state index is 11.8. The van der Waals surface area contributed by atoms with Crippen molar-refractivity contribution < 1.29 is 14.3 Å². The third-order valence-electron chi connectivity index (χ3n) is 2.87. The third kappa shape index (κ3) is 5.92. The molecule has 24 heavy (non-hydrogen) atoms. The number of nitrogens with zero attached hydrogens (tertiary/aromatic N) is 3. The van der Waals surface area contributed by atoms with E-state index in [4.69, 9.17) is 4.74 Å². The van der Waals surface area contributed by atoms with E-state index >= 15 is 0 Å². The van der Waals surface area contributed by atoms with E-state index in [0.717, 1.165) is 5.01 Å². The number of esters is 1. The second-order valence-corrected chi connectivity index (χ2v) is 5.63. The first-order valence-electron chi connectivity index (χ1n) is 7.57. The minimum Gasteiger partial charge on any atom is -0.465 e. The van der Waals surface area contributed by atoms with Crippen molar-refractivity contribution in [1.82, 2.24) is 25.6 Å². The molecule has 0 aliphatic rings. The zero-order chi connectivity index (χ0) is 17.2. The molecular formula is C15H19N5O3S. The molecule has 0 aromatic carbocycles. The Labute approximate surface area is 143 Å². The number of nitrogens with one attached hydrogen (secondary N) is 2. The van der Waals surface area contributed by atoms with Crippen LogP contribution < -0.4 is 10.6 Å². The highest BCUT2D eigenvalue weighted by Gasteiger charge is 2.10. The maximum Gasteiger partial charge on any atom is 0.314 e. The second-order valence-electron chi connectivity index (χ2n) is 4.77. The highest BCUT2D eigenvalue weighted by Crippen LogP contribution is 2.20. The van der Waals surface area contributed by atoms with E-state index < -0.39 is 0 Å². The van der Waals surface area contributed by atoms with Gasteiger partial charge in [-0.15, -0.1) is 11.3 Å². The number of hydrogen-bond acceptors (Lipinski definition) is 7. The quantitative estimate of drug-likeness (QED) is 0.551. The van der Waals surface area contributed by atoms with Crippen LogP contribution in [0.15, 0.2) is 24.0 Å². The lowest BCUT2D eigenvalue weighted by Gasteiger charge is -2.06. The van der Waals surface area contributed by atoms with Crippen molar-refractivity contribution in [2.45, 2.75) is 19.8 Å². The third-order valence-corrected chi connectivity index (χ3v) is 3.78. The number of amides is 2. The molecule has 2 heterocycles. The Balaban J connectivity index is 1.68. The normalized spacial score (nSPS) is 10.2. The van der Waals surface area contributed by atoms with Crippen molar-refractivity contribution in [3.05, 3.63) is 29.7 Å². The molecule has 2 aromatic rings. The fourth-order valence-corrected chi connectivity index (χ4v) is 2.58. The number of rotatable bonds is 8. The fourth-order valence-electron chi connectivity index (χ4n) is 1.80. The first kappa shape index (κ1) is 17.8. The van der Waals surface area contributed by atoms with Crippen LogP contribution in [0.5, 0.6) is 0 Å². The van der Waals surface area contributed by atoms with Crippen LogP contribution in [0.1, 0.15) is 19.0 Å². The molecular weight excluding hydrogens is 330 g/mol. The molecule has 0 aliphatic heterocycles. The highest BCUT2D eigenvalue weighted by atomic mass is 32.1. The number of aromatic nitrogens is 3. The number of hydrogen-bond donors (Lipinski definition) is 2. The smallest absolute Gasteiger partial charge is 0.314 e. The van der Waals surface area contributed by atoms with Gasteiger partial charge in [0.1, 0.15) is 10.7 Å². The summed E-state index contributed by atoms with van der Waals surface area (Å²) in [6.07, 6.45) is 5.49. The van der Waals surface area contributed by atoms with Crippen LogP contribution in [0.2, 0.25) is 0 Å². The van der Waals surface area contributed by atoms with Gasteiger partial charge in [0.15, 0.2) is 0 Å². The standard InChI is InChI=1S/C15H19N5O3S/c1-2-17-15(22)19-4-3-7-23-13(21)8-11-10-24-14(20-11)12-9-16-5-6-18-12/h5-6,9-10H,2-4,7-8H2,1H3,(H2,17,19,22). The van der Waals surface area contributed by atoms with Crippen LogP contribution in [0.3, 0.4) is 0 Å². The number of ether oxygens (including phenoxy) is 1. The predicted octanol–water partition coefficient (Wildman–Crippen LogP) is 1.40. The van der Waals surface area contributed by atoms with Gasteiger partial charge in [0.2, 0.25) is 0 Å². The first-order chi connectivity index (χ1) is 11.7. The number of thiazole rings is 1. The molecule has 0 fully saturated rings. The molecule has 0 saturated carbocycles. The minimum absolute atomic E-state index is 0.112. The maximum absolute atomic E-state index is 11.8. The summed E-state index contributed by atoms with van der Waals surface area (Å²) in [4.78, 5) is 35.4. The monoisotopic (exact) mass is 349 g/mol. The molecule has 2 aromatic heterocycles. The van der Waals surface area contributed by atoms with Crippen LogP contribution in [0, 0.1) is 0 Å². The lowest BCUT2D eigenvalue weighted by Crippen LogP contribution is -2.36. The largest absolute Gasteiger partial charge is 0.465 e. The summed E-state index contributed by atoms with van der Waals surface area (Å²) in [6.45, 7) is 3.12. The SMILES string of the molecule is CCNC(=O)NCCCOC(=O)Cc1csc(-c2cnccn2)n1. The lowest BCUT2D eigenvalue weighted by molar-refractivity contribution is -0.142. The predicted molar refractivity (Wildman–Crippen MR) is 89.5 cm³/mol. The van der Waals surface area contributed by atoms with Gasteiger partial charge in [-0.3, -0.25) is 14.8 Å². The van der Waals surface area contributed by atoms with Gasteiger partial charge < -0.3 is 15.4 Å². The van der Waals surface area contributed by atoms with Crippen LogP contribution in [0.4, 0.5) is 4.79 Å². The van der Waals surface area contributed by atoms with Crippen molar-refractivity contribution in [3.63, 3.8) is 0 Å². The molecule has 0 bridgehead atoms. The van der Waals surface area contributed by atoms with Gasteiger partial charge in [0.25, 0.3) is 0 Å². The molecule has 0 unspecified atom stereocenters. The minimum atomic E-state index is -0.344. The van der Waals surface area contributed by atoms with Gasteiger partial charge in [0, 0.05) is 30.9 Å². The summed E-state index contributed by atoms with van der Waals surface area (Å²) in [5, 5.41) is 7.81. The highest BCUT2D eigenvalue weighted by molar-refractivity contribution is 7.13. The average Bonchev–Trinajstić information content (AvgIpc) is 3.04. The molecule has 2 amide bonds. The summed E-state index contributed by atoms with van der Waals surface area (Å²) >= 11 is 1.41. The van der Waals surface area contributed by atoms with Crippen LogP contribution in [-0.4, -0.2) is 46.6 Å². The molecule has 2 rings (SSSR count). The van der Waals surface area contributed by atoms with E-state index in [9.17, 15) is 9.59 Å². The summed E-state index contributed by atoms with van der Waals surface area (Å²) in [6, 6.07) is -0.220. The van der Waals surface area contributed by atoms with Gasteiger partial charge in [0.05, 0.1) is 24.9 Å². The summed E-state index contributed by atoms with van der Waals surface area (Å²) in [7, 11) is 0. The van der Waals surface area contributed by atoms with Crippen molar-refractivity contribution in [2.75, 3.05) is 19.7 Å². The summed E-state index contributed by atoms with van der Waals surface area (Å²) in [5.74, 6) is -0.344. The zero-order valence-corrected chi connectivity index (χ0v) is 14.1. The summed E-state index contributed by atoms with van der Waals surface area (Å²) < 4.78 is 5.13. The Morgan fingerprint density at radius 1 is 1.29 bits per heavy atom. The van der Waals surface area contributed by atoms with Crippen molar-refractivity contribution >= 4 is 23.3 Å². The molecule has 0 saturated heterocycles.